The van der Waals surface area contributed by atoms with Gasteiger partial charge in [0.2, 0.25) is 0 Å². The number of benzene rings is 2. The molecule has 0 fully saturated rings. The highest BCUT2D eigenvalue weighted by Crippen LogP contribution is 2.25. The summed E-state index contributed by atoms with van der Waals surface area (Å²) in [5.74, 6) is 2.50. The van der Waals surface area contributed by atoms with Crippen molar-refractivity contribution in [3.05, 3.63) is 64.2 Å². The molecule has 0 heterocycles. The molecule has 0 bridgehead atoms. The Labute approximate surface area is 164 Å². The number of hydrogen-bond acceptors (Lipinski definition) is 3. The van der Waals surface area contributed by atoms with Gasteiger partial charge in [0, 0.05) is 23.1 Å². The number of rotatable bonds is 8. The van der Waals surface area contributed by atoms with Gasteiger partial charge < -0.3 is 10.1 Å². The van der Waals surface area contributed by atoms with Crippen molar-refractivity contribution < 1.29 is 9.53 Å². The topological polar surface area (TPSA) is 38.3 Å². The lowest BCUT2D eigenvalue weighted by molar-refractivity contribution is -0.122. The van der Waals surface area contributed by atoms with Crippen LogP contribution in [-0.2, 0) is 23.4 Å². The minimum absolute atomic E-state index is 0.0701. The van der Waals surface area contributed by atoms with E-state index in [1.807, 2.05) is 30.3 Å². The molecule has 3 nitrogen and oxygen atoms in total. The SMILES string of the molecule is O=C(COc1ccc2c(c1)CCCC2)NCCSCc1ccc(Cl)cc1. The first kappa shape index (κ1) is 19.1. The Morgan fingerprint density at radius 1 is 1.08 bits per heavy atom. The Morgan fingerprint density at radius 2 is 1.85 bits per heavy atom. The van der Waals surface area contributed by atoms with Crippen LogP contribution in [0.15, 0.2) is 42.5 Å². The molecule has 2 aromatic rings. The molecule has 0 atom stereocenters. The summed E-state index contributed by atoms with van der Waals surface area (Å²) in [5, 5.41) is 3.66. The Balaban J connectivity index is 1.31. The second-order valence-corrected chi connectivity index (χ2v) is 8.00. The van der Waals surface area contributed by atoms with Gasteiger partial charge in [-0.2, -0.15) is 11.8 Å². The molecule has 0 saturated carbocycles. The van der Waals surface area contributed by atoms with Gasteiger partial charge in [-0.3, -0.25) is 4.79 Å². The summed E-state index contributed by atoms with van der Waals surface area (Å²) in [6.07, 6.45) is 4.78. The van der Waals surface area contributed by atoms with Gasteiger partial charge in [0.25, 0.3) is 5.91 Å². The van der Waals surface area contributed by atoms with Gasteiger partial charge in [0.1, 0.15) is 5.75 Å². The lowest BCUT2D eigenvalue weighted by Crippen LogP contribution is -2.30. The zero-order valence-corrected chi connectivity index (χ0v) is 16.4. The molecular formula is C21H24ClNO2S. The molecule has 0 aromatic heterocycles. The van der Waals surface area contributed by atoms with Crippen LogP contribution in [-0.4, -0.2) is 24.8 Å². The lowest BCUT2D eigenvalue weighted by Gasteiger charge is -2.16. The first-order chi connectivity index (χ1) is 12.7. The van der Waals surface area contributed by atoms with Gasteiger partial charge in [-0.15, -0.1) is 0 Å². The van der Waals surface area contributed by atoms with E-state index in [1.165, 1.54) is 29.5 Å². The first-order valence-corrected chi connectivity index (χ1v) is 10.6. The molecule has 0 saturated heterocycles. The molecule has 2 aromatic carbocycles. The second kappa shape index (κ2) is 9.89. The molecule has 0 spiro atoms. The van der Waals surface area contributed by atoms with Crippen LogP contribution in [0.2, 0.25) is 5.02 Å². The quantitative estimate of drug-likeness (QED) is 0.668. The van der Waals surface area contributed by atoms with Crippen LogP contribution in [0.4, 0.5) is 0 Å². The molecule has 0 aliphatic heterocycles. The molecule has 5 heteroatoms. The third-order valence-corrected chi connectivity index (χ3v) is 5.72. The zero-order valence-electron chi connectivity index (χ0n) is 14.8. The Kier molecular flexibility index (Phi) is 7.27. The van der Waals surface area contributed by atoms with Crippen molar-refractivity contribution in [3.63, 3.8) is 0 Å². The number of fused-ring (bicyclic) bond motifs is 1. The van der Waals surface area contributed by atoms with Crippen molar-refractivity contribution in [3.8, 4) is 5.75 Å². The van der Waals surface area contributed by atoms with E-state index in [2.05, 4.69) is 17.4 Å². The fourth-order valence-electron chi connectivity index (χ4n) is 3.03. The van der Waals surface area contributed by atoms with Crippen LogP contribution >= 0.6 is 23.4 Å². The van der Waals surface area contributed by atoms with Crippen LogP contribution in [0, 0.1) is 0 Å². The van der Waals surface area contributed by atoms with Crippen molar-refractivity contribution in [1.29, 1.82) is 0 Å². The molecule has 1 aliphatic rings. The first-order valence-electron chi connectivity index (χ1n) is 9.04. The van der Waals surface area contributed by atoms with Crippen molar-refractivity contribution in [2.24, 2.45) is 0 Å². The fourth-order valence-corrected chi connectivity index (χ4v) is 3.98. The maximum atomic E-state index is 11.9. The van der Waals surface area contributed by atoms with Crippen molar-refractivity contribution in [2.75, 3.05) is 18.9 Å². The fraction of sp³-hybridized carbons (Fsp3) is 0.381. The number of amides is 1. The molecule has 138 valence electrons. The average Bonchev–Trinajstić information content (AvgIpc) is 2.67. The third-order valence-electron chi connectivity index (χ3n) is 4.44. The van der Waals surface area contributed by atoms with E-state index in [1.54, 1.807) is 11.8 Å². The lowest BCUT2D eigenvalue weighted by atomic mass is 9.92. The van der Waals surface area contributed by atoms with Gasteiger partial charge in [0.15, 0.2) is 6.61 Å². The second-order valence-electron chi connectivity index (χ2n) is 6.46. The maximum absolute atomic E-state index is 11.9. The van der Waals surface area contributed by atoms with Crippen LogP contribution in [0.3, 0.4) is 0 Å². The van der Waals surface area contributed by atoms with E-state index in [0.29, 0.717) is 6.54 Å². The summed E-state index contributed by atoms with van der Waals surface area (Å²) in [7, 11) is 0. The summed E-state index contributed by atoms with van der Waals surface area (Å²) < 4.78 is 5.64. The number of halogens is 1. The number of thioether (sulfide) groups is 1. The molecule has 1 amide bonds. The Bertz CT molecular complexity index is 733. The van der Waals surface area contributed by atoms with Gasteiger partial charge >= 0.3 is 0 Å². The molecule has 0 radical (unpaired) electrons. The molecule has 1 aliphatic carbocycles. The van der Waals surface area contributed by atoms with Gasteiger partial charge in [-0.05, 0) is 66.6 Å². The normalized spacial score (nSPS) is 13.1. The molecule has 1 N–H and O–H groups in total. The molecule has 0 unspecified atom stereocenters. The van der Waals surface area contributed by atoms with Crippen LogP contribution < -0.4 is 10.1 Å². The number of nitrogens with one attached hydrogen (secondary N) is 1. The summed E-state index contributed by atoms with van der Waals surface area (Å²) in [6.45, 7) is 0.714. The van der Waals surface area contributed by atoms with Crippen molar-refractivity contribution in [1.82, 2.24) is 5.32 Å². The summed E-state index contributed by atoms with van der Waals surface area (Å²) in [5.41, 5.74) is 4.03. The maximum Gasteiger partial charge on any atom is 0.257 e. The Morgan fingerprint density at radius 3 is 2.65 bits per heavy atom. The summed E-state index contributed by atoms with van der Waals surface area (Å²) >= 11 is 7.66. The van der Waals surface area contributed by atoms with Gasteiger partial charge in [-0.25, -0.2) is 0 Å². The number of hydrogen-bond donors (Lipinski definition) is 1. The predicted octanol–water partition coefficient (Wildman–Crippen LogP) is 4.65. The largest absolute Gasteiger partial charge is 0.484 e. The molecular weight excluding hydrogens is 366 g/mol. The minimum Gasteiger partial charge on any atom is -0.484 e. The van der Waals surface area contributed by atoms with Gasteiger partial charge in [0.05, 0.1) is 0 Å². The summed E-state index contributed by atoms with van der Waals surface area (Å²) in [6, 6.07) is 14.0. The van der Waals surface area contributed by atoms with E-state index < -0.39 is 0 Å². The van der Waals surface area contributed by atoms with E-state index in [0.717, 1.165) is 35.1 Å². The number of carbonyl (C=O) groups is 1. The number of ether oxygens (including phenoxy) is 1. The van der Waals surface area contributed by atoms with Gasteiger partial charge in [-0.1, -0.05) is 29.8 Å². The molecule has 3 rings (SSSR count). The van der Waals surface area contributed by atoms with E-state index in [9.17, 15) is 4.79 Å². The van der Waals surface area contributed by atoms with Crippen molar-refractivity contribution in [2.45, 2.75) is 31.4 Å². The van der Waals surface area contributed by atoms with Crippen LogP contribution in [0.25, 0.3) is 0 Å². The average molecular weight is 390 g/mol. The molecule has 26 heavy (non-hydrogen) atoms. The third kappa shape index (κ3) is 5.96. The summed E-state index contributed by atoms with van der Waals surface area (Å²) in [4.78, 5) is 11.9. The predicted molar refractivity (Wildman–Crippen MR) is 109 cm³/mol. The highest BCUT2D eigenvalue weighted by atomic mass is 35.5. The standard InChI is InChI=1S/C21H24ClNO2S/c22-19-8-5-16(6-9-19)15-26-12-11-23-21(24)14-25-20-10-7-17-3-1-2-4-18(17)13-20/h5-10,13H,1-4,11-12,14-15H2,(H,23,24). The number of aryl methyl sites for hydroxylation is 2. The van der Waals surface area contributed by atoms with E-state index >= 15 is 0 Å². The van der Waals surface area contributed by atoms with Crippen molar-refractivity contribution >= 4 is 29.3 Å². The zero-order chi connectivity index (χ0) is 18.2. The van der Waals surface area contributed by atoms with Crippen LogP contribution in [0.1, 0.15) is 29.5 Å². The van der Waals surface area contributed by atoms with E-state index in [4.69, 9.17) is 16.3 Å². The Hall–Kier alpha value is -1.65. The highest BCUT2D eigenvalue weighted by molar-refractivity contribution is 7.98. The number of carbonyl (C=O) groups excluding carboxylic acids is 1. The monoisotopic (exact) mass is 389 g/mol. The minimum atomic E-state index is -0.0742. The van der Waals surface area contributed by atoms with E-state index in [-0.39, 0.29) is 12.5 Å². The highest BCUT2D eigenvalue weighted by Gasteiger charge is 2.10. The van der Waals surface area contributed by atoms with Crippen LogP contribution in [0.5, 0.6) is 5.75 Å². The smallest absolute Gasteiger partial charge is 0.257 e.